The molecule has 0 atom stereocenters. The summed E-state index contributed by atoms with van der Waals surface area (Å²) in [6.07, 6.45) is 1.68. The predicted molar refractivity (Wildman–Crippen MR) is 73.2 cm³/mol. The third kappa shape index (κ3) is 3.01. The van der Waals surface area contributed by atoms with Gasteiger partial charge in [-0.15, -0.1) is 0 Å². The Kier molecular flexibility index (Phi) is 3.99. The largest absolute Gasteiger partial charge is 0.478 e. The van der Waals surface area contributed by atoms with Crippen molar-refractivity contribution in [3.8, 4) is 5.88 Å². The van der Waals surface area contributed by atoms with Gasteiger partial charge < -0.3 is 10.1 Å². The predicted octanol–water partition coefficient (Wildman–Crippen LogP) is 1.84. The van der Waals surface area contributed by atoms with Crippen LogP contribution in [0.4, 0.5) is 5.95 Å². The van der Waals surface area contributed by atoms with Crippen LogP contribution in [-0.2, 0) is 13.6 Å². The van der Waals surface area contributed by atoms with Gasteiger partial charge in [-0.3, -0.25) is 4.68 Å². The summed E-state index contributed by atoms with van der Waals surface area (Å²) in [4.78, 5) is 8.45. The molecular formula is C13H19N5O. The van der Waals surface area contributed by atoms with Crippen LogP contribution >= 0.6 is 0 Å². The molecule has 102 valence electrons. The van der Waals surface area contributed by atoms with E-state index < -0.39 is 0 Å². The quantitative estimate of drug-likeness (QED) is 0.889. The lowest BCUT2D eigenvalue weighted by Crippen LogP contribution is -2.06. The van der Waals surface area contributed by atoms with Crippen molar-refractivity contribution in [2.75, 3.05) is 11.9 Å². The molecule has 6 nitrogen and oxygen atoms in total. The second-order valence-electron chi connectivity index (χ2n) is 4.28. The fourth-order valence-electron chi connectivity index (χ4n) is 1.90. The zero-order valence-electron chi connectivity index (χ0n) is 11.8. The minimum atomic E-state index is 0.564. The van der Waals surface area contributed by atoms with Gasteiger partial charge in [0.25, 0.3) is 0 Å². The van der Waals surface area contributed by atoms with Gasteiger partial charge >= 0.3 is 0 Å². The minimum absolute atomic E-state index is 0.564. The highest BCUT2D eigenvalue weighted by atomic mass is 16.5. The molecule has 0 saturated heterocycles. The molecule has 0 radical (unpaired) electrons. The lowest BCUT2D eigenvalue weighted by Gasteiger charge is -2.07. The fraction of sp³-hybridized carbons (Fsp3) is 0.462. The van der Waals surface area contributed by atoms with Crippen molar-refractivity contribution in [2.45, 2.75) is 27.3 Å². The Labute approximate surface area is 112 Å². The van der Waals surface area contributed by atoms with E-state index in [0.717, 1.165) is 11.4 Å². The molecular weight excluding hydrogens is 242 g/mol. The number of aryl methyl sites for hydroxylation is 2. The van der Waals surface area contributed by atoms with Crippen LogP contribution in [0.25, 0.3) is 0 Å². The molecule has 0 aromatic carbocycles. The lowest BCUT2D eigenvalue weighted by molar-refractivity contribution is 0.326. The summed E-state index contributed by atoms with van der Waals surface area (Å²) in [5.74, 6) is 1.15. The molecule has 0 aliphatic rings. The van der Waals surface area contributed by atoms with Crippen molar-refractivity contribution < 1.29 is 4.74 Å². The summed E-state index contributed by atoms with van der Waals surface area (Å²) in [6, 6.07) is 1.75. The average Bonchev–Trinajstić information content (AvgIpc) is 2.62. The van der Waals surface area contributed by atoms with E-state index in [0.29, 0.717) is 25.0 Å². The summed E-state index contributed by atoms with van der Waals surface area (Å²) in [6.45, 7) is 7.23. The van der Waals surface area contributed by atoms with E-state index in [4.69, 9.17) is 4.74 Å². The highest BCUT2D eigenvalue weighted by Gasteiger charge is 2.09. The molecule has 0 unspecified atom stereocenters. The summed E-state index contributed by atoms with van der Waals surface area (Å²) >= 11 is 0. The van der Waals surface area contributed by atoms with Gasteiger partial charge in [0.1, 0.15) is 0 Å². The van der Waals surface area contributed by atoms with Crippen LogP contribution in [0.5, 0.6) is 5.88 Å². The Balaban J connectivity index is 2.08. The van der Waals surface area contributed by atoms with E-state index in [1.54, 1.807) is 12.3 Å². The van der Waals surface area contributed by atoms with Gasteiger partial charge in [0.15, 0.2) is 0 Å². The Morgan fingerprint density at radius 1 is 1.37 bits per heavy atom. The summed E-state index contributed by atoms with van der Waals surface area (Å²) in [7, 11) is 1.94. The maximum absolute atomic E-state index is 5.34. The fourth-order valence-corrected chi connectivity index (χ4v) is 1.90. The second kappa shape index (κ2) is 5.69. The van der Waals surface area contributed by atoms with Crippen molar-refractivity contribution in [1.82, 2.24) is 19.7 Å². The maximum atomic E-state index is 5.34. The lowest BCUT2D eigenvalue weighted by atomic mass is 10.2. The van der Waals surface area contributed by atoms with Gasteiger partial charge in [-0.2, -0.15) is 10.1 Å². The van der Waals surface area contributed by atoms with Gasteiger partial charge in [0.2, 0.25) is 11.8 Å². The molecule has 2 aromatic heterocycles. The number of nitrogens with one attached hydrogen (secondary N) is 1. The number of ether oxygens (including phenoxy) is 1. The monoisotopic (exact) mass is 261 g/mol. The van der Waals surface area contributed by atoms with Gasteiger partial charge in [0, 0.05) is 37.1 Å². The molecule has 2 rings (SSSR count). The van der Waals surface area contributed by atoms with E-state index in [1.807, 2.05) is 25.6 Å². The summed E-state index contributed by atoms with van der Waals surface area (Å²) in [5, 5.41) is 7.58. The number of rotatable bonds is 5. The smallest absolute Gasteiger partial charge is 0.226 e. The standard InChI is InChI=1S/C13H19N5O/c1-5-19-12-6-7-14-13(16-12)15-8-11-9(2)17-18(4)10(11)3/h6-7H,5,8H2,1-4H3,(H,14,15,16). The SMILES string of the molecule is CCOc1ccnc(NCc2c(C)nn(C)c2C)n1. The minimum Gasteiger partial charge on any atom is -0.478 e. The first kappa shape index (κ1) is 13.3. The molecule has 0 amide bonds. The molecule has 1 N–H and O–H groups in total. The van der Waals surface area contributed by atoms with Crippen LogP contribution in [0.2, 0.25) is 0 Å². The maximum Gasteiger partial charge on any atom is 0.226 e. The Bertz CT molecular complexity index is 564. The number of hydrogen-bond acceptors (Lipinski definition) is 5. The zero-order chi connectivity index (χ0) is 13.8. The van der Waals surface area contributed by atoms with Crippen LogP contribution < -0.4 is 10.1 Å². The first-order chi connectivity index (χ1) is 9.11. The zero-order valence-corrected chi connectivity index (χ0v) is 11.8. The average molecular weight is 261 g/mol. The number of hydrogen-bond donors (Lipinski definition) is 1. The van der Waals surface area contributed by atoms with Crippen molar-refractivity contribution in [2.24, 2.45) is 7.05 Å². The van der Waals surface area contributed by atoms with Gasteiger partial charge in [-0.1, -0.05) is 0 Å². The topological polar surface area (TPSA) is 64.9 Å². The van der Waals surface area contributed by atoms with E-state index in [2.05, 4.69) is 27.3 Å². The highest BCUT2D eigenvalue weighted by Crippen LogP contribution is 2.14. The molecule has 0 aliphatic heterocycles. The van der Waals surface area contributed by atoms with Crippen molar-refractivity contribution >= 4 is 5.95 Å². The summed E-state index contributed by atoms with van der Waals surface area (Å²) in [5.41, 5.74) is 3.34. The summed E-state index contributed by atoms with van der Waals surface area (Å²) < 4.78 is 7.22. The Morgan fingerprint density at radius 3 is 2.79 bits per heavy atom. The molecule has 0 spiro atoms. The van der Waals surface area contributed by atoms with Crippen LogP contribution in [0.3, 0.4) is 0 Å². The first-order valence-corrected chi connectivity index (χ1v) is 6.30. The van der Waals surface area contributed by atoms with Gasteiger partial charge in [-0.05, 0) is 20.8 Å². The Hall–Kier alpha value is -2.11. The number of anilines is 1. The van der Waals surface area contributed by atoms with Crippen LogP contribution in [-0.4, -0.2) is 26.4 Å². The van der Waals surface area contributed by atoms with Crippen molar-refractivity contribution in [1.29, 1.82) is 0 Å². The third-order valence-corrected chi connectivity index (χ3v) is 3.00. The van der Waals surface area contributed by atoms with E-state index >= 15 is 0 Å². The van der Waals surface area contributed by atoms with Gasteiger partial charge in [-0.25, -0.2) is 4.98 Å². The van der Waals surface area contributed by atoms with Crippen LogP contribution in [0.1, 0.15) is 23.9 Å². The van der Waals surface area contributed by atoms with E-state index in [9.17, 15) is 0 Å². The molecule has 0 fully saturated rings. The van der Waals surface area contributed by atoms with Crippen molar-refractivity contribution in [3.63, 3.8) is 0 Å². The van der Waals surface area contributed by atoms with E-state index in [-0.39, 0.29) is 0 Å². The Morgan fingerprint density at radius 2 is 2.16 bits per heavy atom. The first-order valence-electron chi connectivity index (χ1n) is 6.30. The van der Waals surface area contributed by atoms with Crippen molar-refractivity contribution in [3.05, 3.63) is 29.2 Å². The van der Waals surface area contributed by atoms with E-state index in [1.165, 1.54) is 5.56 Å². The molecule has 2 aromatic rings. The number of nitrogens with zero attached hydrogens (tertiary/aromatic N) is 4. The van der Waals surface area contributed by atoms with Gasteiger partial charge in [0.05, 0.1) is 12.3 Å². The third-order valence-electron chi connectivity index (χ3n) is 3.00. The normalized spacial score (nSPS) is 10.5. The highest BCUT2D eigenvalue weighted by molar-refractivity contribution is 5.32. The molecule has 2 heterocycles. The van der Waals surface area contributed by atoms with Crippen LogP contribution in [0.15, 0.2) is 12.3 Å². The molecule has 0 aliphatic carbocycles. The number of aromatic nitrogens is 4. The van der Waals surface area contributed by atoms with Crippen LogP contribution in [0, 0.1) is 13.8 Å². The molecule has 0 saturated carbocycles. The molecule has 19 heavy (non-hydrogen) atoms. The molecule has 0 bridgehead atoms. The second-order valence-corrected chi connectivity index (χ2v) is 4.28. The molecule has 6 heteroatoms.